The highest BCUT2D eigenvalue weighted by molar-refractivity contribution is 5.85. The van der Waals surface area contributed by atoms with Crippen molar-refractivity contribution in [3.8, 4) is 0 Å². The number of likely N-dealkylation sites (tertiary alicyclic amines) is 1. The number of hydrogen-bond donors (Lipinski definition) is 0. The van der Waals surface area contributed by atoms with Crippen molar-refractivity contribution in [2.75, 3.05) is 33.2 Å². The van der Waals surface area contributed by atoms with E-state index in [1.807, 2.05) is 18.0 Å². The zero-order chi connectivity index (χ0) is 17.5. The Kier molecular flexibility index (Phi) is 8.94. The van der Waals surface area contributed by atoms with Crippen LogP contribution < -0.4 is 0 Å². The number of piperidine rings is 1. The highest BCUT2D eigenvalue weighted by atomic mass is 35.5. The van der Waals surface area contributed by atoms with Gasteiger partial charge in [0.2, 0.25) is 5.91 Å². The summed E-state index contributed by atoms with van der Waals surface area (Å²) in [6.45, 7) is 4.28. The van der Waals surface area contributed by atoms with Crippen LogP contribution >= 0.6 is 12.4 Å². The Labute approximate surface area is 165 Å². The van der Waals surface area contributed by atoms with E-state index >= 15 is 0 Å². The molecular formula is C22H35ClN2O. The first-order chi connectivity index (χ1) is 12.3. The van der Waals surface area contributed by atoms with E-state index in [2.05, 4.69) is 29.2 Å². The Hall–Kier alpha value is -1.06. The molecule has 1 heterocycles. The lowest BCUT2D eigenvalue weighted by molar-refractivity contribution is -0.133. The lowest BCUT2D eigenvalue weighted by Crippen LogP contribution is -2.41. The molecule has 0 radical (unpaired) electrons. The van der Waals surface area contributed by atoms with Gasteiger partial charge >= 0.3 is 0 Å². The fraction of sp³-hybridized carbons (Fsp3) is 0.682. The van der Waals surface area contributed by atoms with E-state index < -0.39 is 0 Å². The molecule has 0 spiro atoms. The molecule has 2 fully saturated rings. The lowest BCUT2D eigenvalue weighted by atomic mass is 9.76. The Balaban J connectivity index is 0.00000243. The van der Waals surface area contributed by atoms with Crippen LogP contribution in [-0.2, 0) is 4.79 Å². The maximum Gasteiger partial charge on any atom is 0.230 e. The number of halogens is 1. The van der Waals surface area contributed by atoms with Crippen molar-refractivity contribution in [3.05, 3.63) is 35.9 Å². The molecule has 0 bridgehead atoms. The smallest absolute Gasteiger partial charge is 0.230 e. The first-order valence-corrected chi connectivity index (χ1v) is 10.3. The predicted molar refractivity (Wildman–Crippen MR) is 111 cm³/mol. The summed E-state index contributed by atoms with van der Waals surface area (Å²) in [6, 6.07) is 10.5. The first kappa shape index (κ1) is 21.2. The van der Waals surface area contributed by atoms with Gasteiger partial charge in [0.15, 0.2) is 0 Å². The summed E-state index contributed by atoms with van der Waals surface area (Å²) >= 11 is 0. The first-order valence-electron chi connectivity index (χ1n) is 10.3. The minimum absolute atomic E-state index is 0. The molecule has 1 aromatic carbocycles. The normalized spacial score (nSPS) is 20.2. The molecule has 1 aromatic rings. The standard InChI is InChI=1S/C22H34N2O.ClH/c1-23(17-18-24-15-9-4-10-16-24)22(25)21(19-11-5-2-6-12-19)20-13-7-3-8-14-20;/h2,5-6,11-12,20-21H,3-4,7-10,13-18H2,1H3;1H. The molecule has 3 nitrogen and oxygen atoms in total. The van der Waals surface area contributed by atoms with Crippen molar-refractivity contribution < 1.29 is 4.79 Å². The number of carbonyl (C=O) groups is 1. The largest absolute Gasteiger partial charge is 0.344 e. The molecule has 0 N–H and O–H groups in total. The Morgan fingerprint density at radius 1 is 1.04 bits per heavy atom. The number of nitrogens with zero attached hydrogens (tertiary/aromatic N) is 2. The third-order valence-corrected chi connectivity index (χ3v) is 6.12. The van der Waals surface area contributed by atoms with Crippen molar-refractivity contribution in [3.63, 3.8) is 0 Å². The number of likely N-dealkylation sites (N-methyl/N-ethyl adjacent to an activating group) is 1. The Morgan fingerprint density at radius 3 is 2.31 bits per heavy atom. The molecule has 0 aromatic heterocycles. The van der Waals surface area contributed by atoms with Crippen LogP contribution in [0.1, 0.15) is 62.8 Å². The second kappa shape index (κ2) is 10.9. The quantitative estimate of drug-likeness (QED) is 0.715. The minimum Gasteiger partial charge on any atom is -0.344 e. The van der Waals surface area contributed by atoms with Crippen LogP contribution in [0, 0.1) is 5.92 Å². The average Bonchev–Trinajstić information content (AvgIpc) is 2.69. The molecule has 26 heavy (non-hydrogen) atoms. The molecule has 3 rings (SSSR count). The summed E-state index contributed by atoms with van der Waals surface area (Å²) < 4.78 is 0. The molecule has 4 heteroatoms. The third kappa shape index (κ3) is 5.72. The predicted octanol–water partition coefficient (Wildman–Crippen LogP) is 4.72. The van der Waals surface area contributed by atoms with Gasteiger partial charge < -0.3 is 9.80 Å². The van der Waals surface area contributed by atoms with Gasteiger partial charge in [-0.25, -0.2) is 0 Å². The van der Waals surface area contributed by atoms with E-state index in [9.17, 15) is 4.79 Å². The summed E-state index contributed by atoms with van der Waals surface area (Å²) in [5, 5.41) is 0. The number of carbonyl (C=O) groups excluding carboxylic acids is 1. The van der Waals surface area contributed by atoms with E-state index in [1.165, 1.54) is 70.0 Å². The van der Waals surface area contributed by atoms with Gasteiger partial charge in [0.1, 0.15) is 0 Å². The van der Waals surface area contributed by atoms with Gasteiger partial charge in [-0.2, -0.15) is 0 Å². The van der Waals surface area contributed by atoms with Crippen LogP contribution in [0.15, 0.2) is 30.3 Å². The van der Waals surface area contributed by atoms with Gasteiger partial charge in [-0.1, -0.05) is 56.0 Å². The SMILES string of the molecule is CN(CCN1CCCCC1)C(=O)C(c1ccccc1)C1CCCCC1.Cl. The number of hydrogen-bond acceptors (Lipinski definition) is 2. The van der Waals surface area contributed by atoms with Gasteiger partial charge in [-0.05, 0) is 50.3 Å². The van der Waals surface area contributed by atoms with E-state index in [4.69, 9.17) is 0 Å². The number of amides is 1. The van der Waals surface area contributed by atoms with Gasteiger partial charge in [0, 0.05) is 20.1 Å². The van der Waals surface area contributed by atoms with Crippen LogP contribution in [0.25, 0.3) is 0 Å². The molecule has 1 saturated heterocycles. The van der Waals surface area contributed by atoms with E-state index in [0.29, 0.717) is 11.8 Å². The molecule has 146 valence electrons. The maximum absolute atomic E-state index is 13.3. The molecule has 1 amide bonds. The van der Waals surface area contributed by atoms with Crippen molar-refractivity contribution >= 4 is 18.3 Å². The second-order valence-electron chi connectivity index (χ2n) is 7.95. The van der Waals surface area contributed by atoms with E-state index in [-0.39, 0.29) is 18.3 Å². The van der Waals surface area contributed by atoms with Gasteiger partial charge in [0.25, 0.3) is 0 Å². The fourth-order valence-electron chi connectivity index (χ4n) is 4.57. The monoisotopic (exact) mass is 378 g/mol. The van der Waals surface area contributed by atoms with Crippen molar-refractivity contribution in [2.24, 2.45) is 5.92 Å². The van der Waals surface area contributed by atoms with Crippen LogP contribution in [0.5, 0.6) is 0 Å². The Bertz CT molecular complexity index is 524. The van der Waals surface area contributed by atoms with Crippen LogP contribution in [-0.4, -0.2) is 48.9 Å². The highest BCUT2D eigenvalue weighted by Crippen LogP contribution is 2.37. The second-order valence-corrected chi connectivity index (χ2v) is 7.95. The fourth-order valence-corrected chi connectivity index (χ4v) is 4.57. The lowest BCUT2D eigenvalue weighted by Gasteiger charge is -2.34. The molecule has 1 unspecified atom stereocenters. The van der Waals surface area contributed by atoms with E-state index in [1.54, 1.807) is 0 Å². The molecule has 1 atom stereocenters. The summed E-state index contributed by atoms with van der Waals surface area (Å²) in [7, 11) is 2.01. The third-order valence-electron chi connectivity index (χ3n) is 6.12. The van der Waals surface area contributed by atoms with Gasteiger partial charge in [0.05, 0.1) is 5.92 Å². The summed E-state index contributed by atoms with van der Waals surface area (Å²) in [5.41, 5.74) is 1.21. The van der Waals surface area contributed by atoms with Crippen LogP contribution in [0.3, 0.4) is 0 Å². The van der Waals surface area contributed by atoms with Crippen molar-refractivity contribution in [1.82, 2.24) is 9.80 Å². The summed E-state index contributed by atoms with van der Waals surface area (Å²) in [5.74, 6) is 0.893. The molecule has 2 aliphatic rings. The van der Waals surface area contributed by atoms with Gasteiger partial charge in [-0.3, -0.25) is 4.79 Å². The zero-order valence-corrected chi connectivity index (χ0v) is 17.1. The van der Waals surface area contributed by atoms with Crippen LogP contribution in [0.4, 0.5) is 0 Å². The van der Waals surface area contributed by atoms with Gasteiger partial charge in [-0.15, -0.1) is 12.4 Å². The molecule has 1 aliphatic heterocycles. The maximum atomic E-state index is 13.3. The minimum atomic E-state index is 0. The van der Waals surface area contributed by atoms with E-state index in [0.717, 1.165) is 13.1 Å². The molecule has 1 saturated carbocycles. The number of rotatable bonds is 6. The summed E-state index contributed by atoms with van der Waals surface area (Å²) in [4.78, 5) is 17.8. The topological polar surface area (TPSA) is 23.6 Å². The van der Waals surface area contributed by atoms with Crippen molar-refractivity contribution in [1.29, 1.82) is 0 Å². The molecular weight excluding hydrogens is 344 g/mol. The zero-order valence-electron chi connectivity index (χ0n) is 16.2. The molecule has 1 aliphatic carbocycles. The summed E-state index contributed by atoms with van der Waals surface area (Å²) in [6.07, 6.45) is 10.3. The Morgan fingerprint density at radius 2 is 1.65 bits per heavy atom. The van der Waals surface area contributed by atoms with Crippen LogP contribution in [0.2, 0.25) is 0 Å². The van der Waals surface area contributed by atoms with Crippen molar-refractivity contribution in [2.45, 2.75) is 57.3 Å². The number of benzene rings is 1. The highest BCUT2D eigenvalue weighted by Gasteiger charge is 2.32. The average molecular weight is 379 g/mol.